The van der Waals surface area contributed by atoms with E-state index in [1.165, 1.54) is 0 Å². The van der Waals surface area contributed by atoms with Crippen molar-refractivity contribution in [3.8, 4) is 5.75 Å². The Labute approximate surface area is 106 Å². The normalized spacial score (nSPS) is 24.4. The summed E-state index contributed by atoms with van der Waals surface area (Å²) in [6, 6.07) is 7.49. The van der Waals surface area contributed by atoms with Gasteiger partial charge in [-0.2, -0.15) is 0 Å². The van der Waals surface area contributed by atoms with Crippen LogP contribution < -0.4 is 4.74 Å². The average Bonchev–Trinajstić information content (AvgIpc) is 2.40. The summed E-state index contributed by atoms with van der Waals surface area (Å²) in [4.78, 5) is 14.3. The van der Waals surface area contributed by atoms with E-state index in [1.807, 2.05) is 24.3 Å². The second-order valence-corrected chi connectivity index (χ2v) is 4.78. The molecule has 0 aliphatic carbocycles. The maximum atomic E-state index is 12.0. The molecule has 0 radical (unpaired) electrons. The van der Waals surface area contributed by atoms with Gasteiger partial charge in [-0.1, -0.05) is 12.1 Å². The fourth-order valence-corrected chi connectivity index (χ4v) is 2.51. The summed E-state index contributed by atoms with van der Waals surface area (Å²) < 4.78 is 11.2. The van der Waals surface area contributed by atoms with Crippen LogP contribution in [0.2, 0.25) is 0 Å². The molecule has 18 heavy (non-hydrogen) atoms. The first kappa shape index (κ1) is 11.7. The zero-order valence-electron chi connectivity index (χ0n) is 10.3. The Hall–Kier alpha value is -1.39. The summed E-state index contributed by atoms with van der Waals surface area (Å²) in [5, 5.41) is 0. The third-order valence-corrected chi connectivity index (χ3v) is 3.46. The molecule has 2 aliphatic rings. The van der Waals surface area contributed by atoms with Crippen molar-refractivity contribution in [1.29, 1.82) is 0 Å². The lowest BCUT2D eigenvalue weighted by atomic mass is 10.0. The minimum Gasteiger partial charge on any atom is -0.488 e. The summed E-state index contributed by atoms with van der Waals surface area (Å²) in [6.07, 6.45) is 0.458. The van der Waals surface area contributed by atoms with Gasteiger partial charge in [0.2, 0.25) is 0 Å². The van der Waals surface area contributed by atoms with Crippen molar-refractivity contribution in [2.75, 3.05) is 32.8 Å². The van der Waals surface area contributed by atoms with E-state index in [1.54, 1.807) is 0 Å². The Morgan fingerprint density at radius 2 is 2.00 bits per heavy atom. The molecule has 0 unspecified atom stereocenters. The number of hydrogen-bond donors (Lipinski definition) is 0. The Morgan fingerprint density at radius 1 is 1.22 bits per heavy atom. The van der Waals surface area contributed by atoms with Gasteiger partial charge >= 0.3 is 0 Å². The molecule has 0 spiro atoms. The highest BCUT2D eigenvalue weighted by Gasteiger charge is 2.27. The Morgan fingerprint density at radius 3 is 2.83 bits per heavy atom. The maximum absolute atomic E-state index is 12.0. The summed E-state index contributed by atoms with van der Waals surface area (Å²) in [5.74, 6) is 0.919. The minimum atomic E-state index is -0.0227. The van der Waals surface area contributed by atoms with Gasteiger partial charge in [0, 0.05) is 26.1 Å². The monoisotopic (exact) mass is 247 g/mol. The molecule has 2 heterocycles. The third-order valence-electron chi connectivity index (χ3n) is 3.46. The molecule has 1 atom stereocenters. The van der Waals surface area contributed by atoms with Crippen molar-refractivity contribution in [3.05, 3.63) is 29.8 Å². The number of nitrogens with zero attached hydrogens (tertiary/aromatic N) is 1. The predicted octanol–water partition coefficient (Wildman–Crippen LogP) is 1.35. The van der Waals surface area contributed by atoms with Gasteiger partial charge in [0.15, 0.2) is 5.78 Å². The van der Waals surface area contributed by atoms with Crippen molar-refractivity contribution in [1.82, 2.24) is 4.90 Å². The fraction of sp³-hybridized carbons (Fsp3) is 0.500. The van der Waals surface area contributed by atoms with E-state index in [0.717, 1.165) is 44.2 Å². The number of benzene rings is 1. The second-order valence-electron chi connectivity index (χ2n) is 4.78. The Kier molecular flexibility index (Phi) is 3.30. The quantitative estimate of drug-likeness (QED) is 0.791. The fourth-order valence-electron chi connectivity index (χ4n) is 2.51. The maximum Gasteiger partial charge on any atom is 0.170 e. The predicted molar refractivity (Wildman–Crippen MR) is 67.1 cm³/mol. The first-order valence-electron chi connectivity index (χ1n) is 6.42. The Bertz CT molecular complexity index is 440. The second kappa shape index (κ2) is 5.08. The number of rotatable bonds is 2. The third kappa shape index (κ3) is 2.40. The summed E-state index contributed by atoms with van der Waals surface area (Å²) in [7, 11) is 0. The molecule has 0 N–H and O–H groups in total. The molecule has 96 valence electrons. The van der Waals surface area contributed by atoms with Crippen LogP contribution in [0.1, 0.15) is 16.8 Å². The van der Waals surface area contributed by atoms with Crippen molar-refractivity contribution in [2.45, 2.75) is 12.5 Å². The Balaban J connectivity index is 1.68. The van der Waals surface area contributed by atoms with E-state index in [4.69, 9.17) is 9.47 Å². The number of carbonyl (C=O) groups excluding carboxylic acids is 1. The number of morpholine rings is 1. The van der Waals surface area contributed by atoms with E-state index in [2.05, 4.69) is 4.90 Å². The molecule has 0 bridgehead atoms. The van der Waals surface area contributed by atoms with Crippen LogP contribution in [0.15, 0.2) is 24.3 Å². The molecule has 2 aliphatic heterocycles. The molecule has 1 aromatic carbocycles. The van der Waals surface area contributed by atoms with E-state index in [9.17, 15) is 4.79 Å². The largest absolute Gasteiger partial charge is 0.488 e. The van der Waals surface area contributed by atoms with Crippen LogP contribution in [0.4, 0.5) is 0 Å². The number of fused-ring (bicyclic) bond motifs is 1. The lowest BCUT2D eigenvalue weighted by Crippen LogP contribution is -2.44. The highest BCUT2D eigenvalue weighted by molar-refractivity contribution is 5.99. The minimum absolute atomic E-state index is 0.0227. The molecule has 4 nitrogen and oxygen atoms in total. The van der Waals surface area contributed by atoms with Crippen LogP contribution >= 0.6 is 0 Å². The van der Waals surface area contributed by atoms with Crippen LogP contribution in [-0.4, -0.2) is 49.6 Å². The van der Waals surface area contributed by atoms with Gasteiger partial charge in [0.05, 0.1) is 18.8 Å². The van der Waals surface area contributed by atoms with Crippen LogP contribution in [0, 0.1) is 0 Å². The molecule has 0 saturated carbocycles. The van der Waals surface area contributed by atoms with E-state index < -0.39 is 0 Å². The van der Waals surface area contributed by atoms with Crippen LogP contribution in [-0.2, 0) is 4.74 Å². The van der Waals surface area contributed by atoms with Crippen LogP contribution in [0.5, 0.6) is 5.75 Å². The topological polar surface area (TPSA) is 38.8 Å². The van der Waals surface area contributed by atoms with Gasteiger partial charge in [-0.25, -0.2) is 0 Å². The molecule has 4 heteroatoms. The molecule has 1 aromatic rings. The van der Waals surface area contributed by atoms with Gasteiger partial charge in [-0.05, 0) is 12.1 Å². The van der Waals surface area contributed by atoms with Gasteiger partial charge < -0.3 is 9.47 Å². The van der Waals surface area contributed by atoms with Gasteiger partial charge in [0.25, 0.3) is 0 Å². The first-order valence-corrected chi connectivity index (χ1v) is 6.42. The molecule has 1 saturated heterocycles. The van der Waals surface area contributed by atoms with E-state index >= 15 is 0 Å². The van der Waals surface area contributed by atoms with Gasteiger partial charge in [-0.15, -0.1) is 0 Å². The molecular weight excluding hydrogens is 230 g/mol. The lowest BCUT2D eigenvalue weighted by Gasteiger charge is -2.32. The summed E-state index contributed by atoms with van der Waals surface area (Å²) in [5.41, 5.74) is 0.718. The molecule has 1 fully saturated rings. The zero-order valence-corrected chi connectivity index (χ0v) is 10.3. The van der Waals surface area contributed by atoms with Crippen molar-refractivity contribution in [3.63, 3.8) is 0 Å². The van der Waals surface area contributed by atoms with E-state index in [0.29, 0.717) is 6.42 Å². The number of ketones is 1. The molecule has 0 aromatic heterocycles. The number of para-hydroxylation sites is 1. The molecule has 0 amide bonds. The standard InChI is InChI=1S/C14H17NO3/c16-13-9-11(10-15-5-7-17-8-6-15)18-14-4-2-1-3-12(13)14/h1-4,11H,5-10H2/t11-/m1/s1. The zero-order chi connectivity index (χ0) is 12.4. The van der Waals surface area contributed by atoms with Gasteiger partial charge in [0.1, 0.15) is 11.9 Å². The number of Topliss-reactive ketones (excluding diaryl/α,β-unsaturated/α-hetero) is 1. The highest BCUT2D eigenvalue weighted by atomic mass is 16.5. The first-order chi connectivity index (χ1) is 8.83. The lowest BCUT2D eigenvalue weighted by molar-refractivity contribution is 0.0165. The number of ether oxygens (including phenoxy) is 2. The van der Waals surface area contributed by atoms with Crippen LogP contribution in [0.3, 0.4) is 0 Å². The van der Waals surface area contributed by atoms with Crippen molar-refractivity contribution >= 4 is 5.78 Å². The van der Waals surface area contributed by atoms with Crippen LogP contribution in [0.25, 0.3) is 0 Å². The number of hydrogen-bond acceptors (Lipinski definition) is 4. The molecular formula is C14H17NO3. The highest BCUT2D eigenvalue weighted by Crippen LogP contribution is 2.27. The molecule has 3 rings (SSSR count). The SMILES string of the molecule is O=C1C[C@H](CN2CCOCC2)Oc2ccccc21. The van der Waals surface area contributed by atoms with Crippen molar-refractivity contribution < 1.29 is 14.3 Å². The average molecular weight is 247 g/mol. The number of carbonyl (C=O) groups is 1. The van der Waals surface area contributed by atoms with E-state index in [-0.39, 0.29) is 11.9 Å². The summed E-state index contributed by atoms with van der Waals surface area (Å²) in [6.45, 7) is 4.21. The summed E-state index contributed by atoms with van der Waals surface area (Å²) >= 11 is 0. The smallest absolute Gasteiger partial charge is 0.170 e. The van der Waals surface area contributed by atoms with Crippen molar-refractivity contribution in [2.24, 2.45) is 0 Å². The van der Waals surface area contributed by atoms with Gasteiger partial charge in [-0.3, -0.25) is 9.69 Å².